The van der Waals surface area contributed by atoms with Gasteiger partial charge in [0.05, 0.1) is 19.3 Å². The number of rotatable bonds is 8. The van der Waals surface area contributed by atoms with Crippen molar-refractivity contribution in [1.29, 1.82) is 0 Å². The molecule has 0 aromatic carbocycles. The van der Waals surface area contributed by atoms with Crippen molar-refractivity contribution in [2.75, 3.05) is 13.7 Å². The third-order valence-corrected chi connectivity index (χ3v) is 3.75. The topological polar surface area (TPSA) is 103 Å². The molecule has 8 nitrogen and oxygen atoms in total. The summed E-state index contributed by atoms with van der Waals surface area (Å²) in [6, 6.07) is -3.92. The summed E-state index contributed by atoms with van der Waals surface area (Å²) in [5, 5.41) is 3.69. The van der Waals surface area contributed by atoms with Gasteiger partial charge in [-0.25, -0.2) is 9.59 Å². The van der Waals surface area contributed by atoms with E-state index in [2.05, 4.69) is 4.74 Å². The lowest BCUT2D eigenvalue weighted by Gasteiger charge is -2.29. The highest BCUT2D eigenvalue weighted by Gasteiger charge is 2.57. The van der Waals surface area contributed by atoms with E-state index in [0.29, 0.717) is 0 Å². The van der Waals surface area contributed by atoms with Crippen LogP contribution in [0, 0.1) is 5.92 Å². The molecule has 0 radical (unpaired) electrons. The van der Waals surface area contributed by atoms with Gasteiger partial charge in [0.1, 0.15) is 11.6 Å². The molecular formula is C19H30F6N2O6. The second-order valence-electron chi connectivity index (χ2n) is 9.08. The normalized spacial score (nSPS) is 15.0. The number of hydrogen-bond acceptors (Lipinski definition) is 6. The number of ether oxygens (including phenoxy) is 3. The molecule has 0 heterocycles. The molecule has 2 atom stereocenters. The minimum atomic E-state index is -5.76. The Bertz CT molecular complexity index is 668. The highest BCUT2D eigenvalue weighted by atomic mass is 19.4. The predicted molar refractivity (Wildman–Crippen MR) is 103 cm³/mol. The molecule has 0 fully saturated rings. The molecule has 0 spiro atoms. The van der Waals surface area contributed by atoms with Crippen molar-refractivity contribution in [2.45, 2.75) is 83.6 Å². The van der Waals surface area contributed by atoms with Gasteiger partial charge in [-0.3, -0.25) is 4.79 Å². The Morgan fingerprint density at radius 2 is 1.27 bits per heavy atom. The minimum absolute atomic E-state index is 0.497. The highest BCUT2D eigenvalue weighted by molar-refractivity contribution is 5.89. The van der Waals surface area contributed by atoms with E-state index >= 15 is 0 Å². The van der Waals surface area contributed by atoms with Crippen molar-refractivity contribution < 1.29 is 54.9 Å². The highest BCUT2D eigenvalue weighted by Crippen LogP contribution is 2.42. The van der Waals surface area contributed by atoms with Gasteiger partial charge >= 0.3 is 24.4 Å². The Labute approximate surface area is 187 Å². The molecule has 14 heteroatoms. The van der Waals surface area contributed by atoms with Crippen molar-refractivity contribution in [1.82, 2.24) is 10.6 Å². The molecular weight excluding hydrogens is 466 g/mol. The molecule has 0 aliphatic rings. The SMILES string of the molecule is COC(=O)[C@H](COC(C)(C)C)NC(=O)C(CC(C(F)(F)F)C(F)(F)F)NC(=O)OC(C)(C)C. The monoisotopic (exact) mass is 496 g/mol. The van der Waals surface area contributed by atoms with E-state index in [1.54, 1.807) is 26.1 Å². The largest absolute Gasteiger partial charge is 0.467 e. The molecule has 1 unspecified atom stereocenters. The third kappa shape index (κ3) is 12.5. The van der Waals surface area contributed by atoms with E-state index in [1.807, 2.05) is 5.32 Å². The molecule has 0 saturated heterocycles. The van der Waals surface area contributed by atoms with Gasteiger partial charge in [-0.1, -0.05) is 0 Å². The van der Waals surface area contributed by atoms with E-state index in [4.69, 9.17) is 9.47 Å². The zero-order valence-electron chi connectivity index (χ0n) is 19.4. The fraction of sp³-hybridized carbons (Fsp3) is 0.842. The van der Waals surface area contributed by atoms with Crippen molar-refractivity contribution in [2.24, 2.45) is 5.92 Å². The van der Waals surface area contributed by atoms with E-state index in [9.17, 15) is 40.7 Å². The van der Waals surface area contributed by atoms with Gasteiger partial charge in [0.25, 0.3) is 0 Å². The number of hydrogen-bond donors (Lipinski definition) is 2. The summed E-state index contributed by atoms with van der Waals surface area (Å²) in [4.78, 5) is 36.6. The van der Waals surface area contributed by atoms with Crippen LogP contribution in [0.4, 0.5) is 31.1 Å². The van der Waals surface area contributed by atoms with Gasteiger partial charge in [0, 0.05) is 0 Å². The molecule has 33 heavy (non-hydrogen) atoms. The van der Waals surface area contributed by atoms with Crippen LogP contribution in [0.5, 0.6) is 0 Å². The summed E-state index contributed by atoms with van der Waals surface area (Å²) in [7, 11) is 0.957. The van der Waals surface area contributed by atoms with E-state index < -0.39 is 72.6 Å². The van der Waals surface area contributed by atoms with Gasteiger partial charge in [0.2, 0.25) is 5.91 Å². The van der Waals surface area contributed by atoms with Crippen molar-refractivity contribution in [3.8, 4) is 0 Å². The number of alkyl carbamates (subject to hydrolysis) is 1. The third-order valence-electron chi connectivity index (χ3n) is 3.75. The first-order chi connectivity index (χ1) is 14.6. The van der Waals surface area contributed by atoms with Crippen LogP contribution in [-0.4, -0.2) is 67.3 Å². The Hall–Kier alpha value is -2.25. The number of carbonyl (C=O) groups is 3. The first-order valence-electron chi connectivity index (χ1n) is 9.72. The zero-order chi connectivity index (χ0) is 26.4. The Morgan fingerprint density at radius 1 is 0.788 bits per heavy atom. The lowest BCUT2D eigenvalue weighted by molar-refractivity contribution is -0.286. The maximum absolute atomic E-state index is 13.1. The summed E-state index contributed by atoms with van der Waals surface area (Å²) in [6.07, 6.45) is -14.8. The number of halogens is 6. The summed E-state index contributed by atoms with van der Waals surface area (Å²) < 4.78 is 93.0. The summed E-state index contributed by atoms with van der Waals surface area (Å²) >= 11 is 0. The predicted octanol–water partition coefficient (Wildman–Crippen LogP) is 3.48. The molecule has 0 aromatic rings. The van der Waals surface area contributed by atoms with E-state index in [0.717, 1.165) is 7.11 Å². The van der Waals surface area contributed by atoms with Crippen molar-refractivity contribution in [3.05, 3.63) is 0 Å². The molecule has 2 N–H and O–H groups in total. The quantitative estimate of drug-likeness (QED) is 0.394. The van der Waals surface area contributed by atoms with Gasteiger partial charge in [-0.2, -0.15) is 26.3 Å². The van der Waals surface area contributed by atoms with Crippen LogP contribution in [0.25, 0.3) is 0 Å². The number of carbonyl (C=O) groups excluding carboxylic acids is 3. The fourth-order valence-corrected chi connectivity index (χ4v) is 2.29. The fourth-order valence-electron chi connectivity index (χ4n) is 2.29. The van der Waals surface area contributed by atoms with Crippen LogP contribution in [0.15, 0.2) is 0 Å². The molecule has 194 valence electrons. The molecule has 0 aliphatic heterocycles. The first kappa shape index (κ1) is 30.8. The lowest BCUT2D eigenvalue weighted by Crippen LogP contribution is -2.56. The molecule has 2 amide bonds. The van der Waals surface area contributed by atoms with E-state index in [-0.39, 0.29) is 0 Å². The number of nitrogens with one attached hydrogen (secondary N) is 2. The second-order valence-corrected chi connectivity index (χ2v) is 9.08. The second kappa shape index (κ2) is 11.3. The minimum Gasteiger partial charge on any atom is -0.467 e. The molecule has 0 rings (SSSR count). The summed E-state index contributed by atoms with van der Waals surface area (Å²) in [6.45, 7) is 8.50. The first-order valence-corrected chi connectivity index (χ1v) is 9.72. The standard InChI is InChI=1S/C19H30F6N2O6/c1-16(2,3)32-9-11(14(29)31-7)26-13(28)10(27-15(30)33-17(4,5)6)8-12(18(20,21)22)19(23,24)25/h10-12H,8-9H2,1-7H3,(H,26,28)(H,27,30)/t10?,11-/m0/s1. The van der Waals surface area contributed by atoms with Crippen molar-refractivity contribution in [3.63, 3.8) is 0 Å². The van der Waals surface area contributed by atoms with Crippen molar-refractivity contribution >= 4 is 18.0 Å². The average Bonchev–Trinajstić information content (AvgIpc) is 2.56. The molecule has 0 bridgehead atoms. The van der Waals surface area contributed by atoms with Gasteiger partial charge in [0.15, 0.2) is 12.0 Å². The van der Waals surface area contributed by atoms with Crippen LogP contribution >= 0.6 is 0 Å². The van der Waals surface area contributed by atoms with Gasteiger partial charge < -0.3 is 24.8 Å². The number of esters is 1. The van der Waals surface area contributed by atoms with Crippen LogP contribution in [0.2, 0.25) is 0 Å². The Kier molecular flexibility index (Phi) is 10.5. The van der Waals surface area contributed by atoms with Gasteiger partial charge in [-0.15, -0.1) is 0 Å². The Balaban J connectivity index is 5.89. The number of amides is 2. The summed E-state index contributed by atoms with van der Waals surface area (Å²) in [5.41, 5.74) is -1.96. The summed E-state index contributed by atoms with van der Waals surface area (Å²) in [5.74, 6) is -6.49. The number of methoxy groups -OCH3 is 1. The smallest absolute Gasteiger partial charge is 0.408 e. The maximum atomic E-state index is 13.1. The average molecular weight is 496 g/mol. The lowest BCUT2D eigenvalue weighted by atomic mass is 9.97. The molecule has 0 saturated carbocycles. The Morgan fingerprint density at radius 3 is 1.64 bits per heavy atom. The van der Waals surface area contributed by atoms with Gasteiger partial charge in [-0.05, 0) is 48.0 Å². The zero-order valence-corrected chi connectivity index (χ0v) is 19.4. The van der Waals surface area contributed by atoms with Crippen LogP contribution in [0.3, 0.4) is 0 Å². The maximum Gasteiger partial charge on any atom is 0.408 e. The van der Waals surface area contributed by atoms with Crippen LogP contribution in [0.1, 0.15) is 48.0 Å². The van der Waals surface area contributed by atoms with Crippen LogP contribution in [-0.2, 0) is 23.8 Å². The van der Waals surface area contributed by atoms with Crippen LogP contribution < -0.4 is 10.6 Å². The number of alkyl halides is 6. The molecule has 0 aromatic heterocycles. The molecule has 0 aliphatic carbocycles. The van der Waals surface area contributed by atoms with E-state index in [1.165, 1.54) is 20.8 Å².